The Morgan fingerprint density at radius 1 is 1.29 bits per heavy atom. The molecule has 0 aliphatic heterocycles. The second kappa shape index (κ2) is 3.81. The summed E-state index contributed by atoms with van der Waals surface area (Å²) in [6.07, 6.45) is 7.64. The largest absolute Gasteiger partial charge is 0.330 e. The van der Waals surface area contributed by atoms with Crippen LogP contribution in [-0.2, 0) is 5.41 Å². The monoisotopic (exact) mass is 226 g/mol. The molecule has 2 N–H and O–H groups in total. The highest BCUT2D eigenvalue weighted by Crippen LogP contribution is 2.43. The molecule has 1 heterocycles. The van der Waals surface area contributed by atoms with E-state index in [1.54, 1.807) is 0 Å². The SMILES string of the molecule is Cc1cncc2cc(C3(CN)CCC3)ccc12. The summed E-state index contributed by atoms with van der Waals surface area (Å²) >= 11 is 0. The second-order valence-electron chi connectivity index (χ2n) is 5.23. The van der Waals surface area contributed by atoms with Gasteiger partial charge in [-0.3, -0.25) is 4.98 Å². The topological polar surface area (TPSA) is 38.9 Å². The Kier molecular flexibility index (Phi) is 2.40. The zero-order chi connectivity index (χ0) is 11.9. The molecule has 0 bridgehead atoms. The number of hydrogen-bond donors (Lipinski definition) is 1. The third kappa shape index (κ3) is 1.55. The lowest BCUT2D eigenvalue weighted by Gasteiger charge is -2.41. The molecule has 0 unspecified atom stereocenters. The van der Waals surface area contributed by atoms with E-state index in [-0.39, 0.29) is 5.41 Å². The lowest BCUT2D eigenvalue weighted by Crippen LogP contribution is -2.41. The normalized spacial score (nSPS) is 18.0. The van der Waals surface area contributed by atoms with E-state index in [1.807, 2.05) is 12.4 Å². The number of fused-ring (bicyclic) bond motifs is 1. The maximum absolute atomic E-state index is 5.96. The van der Waals surface area contributed by atoms with Gasteiger partial charge in [0.05, 0.1) is 0 Å². The number of nitrogens with two attached hydrogens (primary N) is 1. The molecule has 0 atom stereocenters. The number of rotatable bonds is 2. The van der Waals surface area contributed by atoms with Gasteiger partial charge in [-0.25, -0.2) is 0 Å². The van der Waals surface area contributed by atoms with E-state index in [2.05, 4.69) is 30.1 Å². The number of benzene rings is 1. The molecule has 1 fully saturated rings. The number of aromatic nitrogens is 1. The van der Waals surface area contributed by atoms with Crippen molar-refractivity contribution >= 4 is 10.8 Å². The van der Waals surface area contributed by atoms with Crippen molar-refractivity contribution in [1.82, 2.24) is 4.98 Å². The zero-order valence-corrected chi connectivity index (χ0v) is 10.2. The van der Waals surface area contributed by atoms with Gasteiger partial charge in [-0.05, 0) is 42.3 Å². The summed E-state index contributed by atoms with van der Waals surface area (Å²) in [6, 6.07) is 6.75. The Hall–Kier alpha value is -1.41. The van der Waals surface area contributed by atoms with E-state index in [0.29, 0.717) is 0 Å². The highest BCUT2D eigenvalue weighted by molar-refractivity contribution is 5.85. The van der Waals surface area contributed by atoms with E-state index < -0.39 is 0 Å². The van der Waals surface area contributed by atoms with Gasteiger partial charge in [-0.15, -0.1) is 0 Å². The highest BCUT2D eigenvalue weighted by Gasteiger charge is 2.37. The van der Waals surface area contributed by atoms with Gasteiger partial charge < -0.3 is 5.73 Å². The van der Waals surface area contributed by atoms with Crippen molar-refractivity contribution in [2.24, 2.45) is 5.73 Å². The predicted octanol–water partition coefficient (Wildman–Crippen LogP) is 2.92. The fraction of sp³-hybridized carbons (Fsp3) is 0.400. The summed E-state index contributed by atoms with van der Waals surface area (Å²) in [7, 11) is 0. The van der Waals surface area contributed by atoms with Gasteiger partial charge in [0.25, 0.3) is 0 Å². The molecule has 88 valence electrons. The molecule has 1 saturated carbocycles. The molecule has 1 aromatic heterocycles. The van der Waals surface area contributed by atoms with Crippen molar-refractivity contribution in [3.63, 3.8) is 0 Å². The van der Waals surface area contributed by atoms with Crippen LogP contribution in [0.15, 0.2) is 30.6 Å². The summed E-state index contributed by atoms with van der Waals surface area (Å²) in [6.45, 7) is 2.87. The molecule has 0 radical (unpaired) electrons. The lowest BCUT2D eigenvalue weighted by molar-refractivity contribution is 0.253. The summed E-state index contributed by atoms with van der Waals surface area (Å²) < 4.78 is 0. The van der Waals surface area contributed by atoms with Crippen molar-refractivity contribution in [1.29, 1.82) is 0 Å². The smallest absolute Gasteiger partial charge is 0.0346 e. The van der Waals surface area contributed by atoms with Gasteiger partial charge >= 0.3 is 0 Å². The van der Waals surface area contributed by atoms with Crippen LogP contribution in [0.5, 0.6) is 0 Å². The van der Waals surface area contributed by atoms with E-state index in [0.717, 1.165) is 6.54 Å². The average Bonchev–Trinajstić information content (AvgIpc) is 2.28. The molecule has 1 aliphatic rings. The maximum atomic E-state index is 5.96. The Bertz CT molecular complexity index is 550. The summed E-state index contributed by atoms with van der Waals surface area (Å²) in [5.41, 5.74) is 8.84. The Morgan fingerprint density at radius 2 is 2.12 bits per heavy atom. The zero-order valence-electron chi connectivity index (χ0n) is 10.2. The van der Waals surface area contributed by atoms with Gasteiger partial charge in [0, 0.05) is 29.7 Å². The molecule has 0 saturated heterocycles. The van der Waals surface area contributed by atoms with Crippen molar-refractivity contribution < 1.29 is 0 Å². The minimum Gasteiger partial charge on any atom is -0.330 e. The maximum Gasteiger partial charge on any atom is 0.0346 e. The number of aryl methyl sites for hydroxylation is 1. The molecular formula is C15H18N2. The van der Waals surface area contributed by atoms with Gasteiger partial charge in [-0.2, -0.15) is 0 Å². The molecule has 0 amide bonds. The molecule has 1 aliphatic carbocycles. The first kappa shape index (κ1) is 10.7. The Labute approximate surface area is 102 Å². The Morgan fingerprint density at radius 3 is 2.76 bits per heavy atom. The number of hydrogen-bond acceptors (Lipinski definition) is 2. The molecule has 0 spiro atoms. The fourth-order valence-corrected chi connectivity index (χ4v) is 2.87. The van der Waals surface area contributed by atoms with E-state index in [4.69, 9.17) is 5.73 Å². The summed E-state index contributed by atoms with van der Waals surface area (Å²) in [5.74, 6) is 0. The first-order chi connectivity index (χ1) is 8.25. The molecular weight excluding hydrogens is 208 g/mol. The van der Waals surface area contributed by atoms with Gasteiger partial charge in [0.1, 0.15) is 0 Å². The highest BCUT2D eigenvalue weighted by atomic mass is 14.6. The van der Waals surface area contributed by atoms with Gasteiger partial charge in [0.15, 0.2) is 0 Å². The third-order valence-electron chi connectivity index (χ3n) is 4.27. The number of pyridine rings is 1. The van der Waals surface area contributed by atoms with Crippen molar-refractivity contribution in [3.05, 3.63) is 41.7 Å². The van der Waals surface area contributed by atoms with Crippen LogP contribution in [0.25, 0.3) is 10.8 Å². The molecule has 17 heavy (non-hydrogen) atoms. The minimum absolute atomic E-state index is 0.248. The van der Waals surface area contributed by atoms with Crippen LogP contribution < -0.4 is 5.73 Å². The Balaban J connectivity index is 2.14. The van der Waals surface area contributed by atoms with Crippen LogP contribution in [0.2, 0.25) is 0 Å². The lowest BCUT2D eigenvalue weighted by atomic mass is 9.64. The third-order valence-corrected chi connectivity index (χ3v) is 4.27. The quantitative estimate of drug-likeness (QED) is 0.855. The molecule has 1 aromatic carbocycles. The van der Waals surface area contributed by atoms with E-state index in [9.17, 15) is 0 Å². The molecule has 2 nitrogen and oxygen atoms in total. The van der Waals surface area contributed by atoms with Crippen LogP contribution in [0, 0.1) is 6.92 Å². The van der Waals surface area contributed by atoms with Crippen molar-refractivity contribution in [2.75, 3.05) is 6.54 Å². The molecule has 2 aromatic rings. The standard InChI is InChI=1S/C15H18N2/c1-11-8-17-9-12-7-13(3-4-14(11)12)15(10-16)5-2-6-15/h3-4,7-9H,2,5-6,10,16H2,1H3. The first-order valence-electron chi connectivity index (χ1n) is 6.30. The van der Waals surface area contributed by atoms with Crippen LogP contribution in [0.4, 0.5) is 0 Å². The summed E-state index contributed by atoms with van der Waals surface area (Å²) in [4.78, 5) is 4.27. The number of nitrogens with zero attached hydrogens (tertiary/aromatic N) is 1. The van der Waals surface area contributed by atoms with Crippen LogP contribution in [0.3, 0.4) is 0 Å². The van der Waals surface area contributed by atoms with Crippen molar-refractivity contribution in [3.8, 4) is 0 Å². The predicted molar refractivity (Wildman–Crippen MR) is 71.1 cm³/mol. The van der Waals surface area contributed by atoms with Gasteiger partial charge in [0.2, 0.25) is 0 Å². The van der Waals surface area contributed by atoms with Crippen LogP contribution >= 0.6 is 0 Å². The van der Waals surface area contributed by atoms with E-state index >= 15 is 0 Å². The first-order valence-corrected chi connectivity index (χ1v) is 6.30. The molecule has 3 rings (SSSR count). The van der Waals surface area contributed by atoms with E-state index in [1.165, 1.54) is 41.2 Å². The average molecular weight is 226 g/mol. The van der Waals surface area contributed by atoms with Crippen LogP contribution in [-0.4, -0.2) is 11.5 Å². The van der Waals surface area contributed by atoms with Gasteiger partial charge in [-0.1, -0.05) is 18.6 Å². The second-order valence-corrected chi connectivity index (χ2v) is 5.23. The van der Waals surface area contributed by atoms with Crippen molar-refractivity contribution in [2.45, 2.75) is 31.6 Å². The van der Waals surface area contributed by atoms with Crippen LogP contribution in [0.1, 0.15) is 30.4 Å². The summed E-state index contributed by atoms with van der Waals surface area (Å²) in [5, 5.41) is 2.54. The fourth-order valence-electron chi connectivity index (χ4n) is 2.87. The minimum atomic E-state index is 0.248. The molecule has 2 heteroatoms.